The molecule has 8 heteroatoms. The van der Waals surface area contributed by atoms with Crippen LogP contribution in [0.4, 0.5) is 0 Å². The van der Waals surface area contributed by atoms with Crippen molar-refractivity contribution in [2.24, 2.45) is 0 Å². The third kappa shape index (κ3) is 8.18. The summed E-state index contributed by atoms with van der Waals surface area (Å²) in [5.74, 6) is -1.41. The minimum atomic E-state index is -3.42. The van der Waals surface area contributed by atoms with E-state index >= 15 is 0 Å². The fourth-order valence-electron chi connectivity index (χ4n) is 0.979. The number of carboxylic acid groups (broad SMARTS) is 1. The number of rotatable bonds is 7. The van der Waals surface area contributed by atoms with Crippen molar-refractivity contribution in [2.75, 3.05) is 12.8 Å². The van der Waals surface area contributed by atoms with Crippen molar-refractivity contribution in [3.8, 4) is 0 Å². The van der Waals surface area contributed by atoms with E-state index in [4.69, 9.17) is 5.11 Å². The van der Waals surface area contributed by atoms with Gasteiger partial charge in [0.15, 0.2) is 0 Å². The molecule has 0 aliphatic carbocycles. The topological polar surface area (TPSA) is 113 Å². The lowest BCUT2D eigenvalue weighted by Gasteiger charge is -2.12. The Morgan fingerprint density at radius 2 is 1.94 bits per heavy atom. The summed E-state index contributed by atoms with van der Waals surface area (Å²) in [5.41, 5.74) is 0. The van der Waals surface area contributed by atoms with Gasteiger partial charge >= 0.3 is 5.97 Å². The van der Waals surface area contributed by atoms with Gasteiger partial charge in [-0.3, -0.25) is 9.59 Å². The van der Waals surface area contributed by atoms with Crippen LogP contribution in [0.3, 0.4) is 0 Å². The first-order valence-corrected chi connectivity index (χ1v) is 6.58. The van der Waals surface area contributed by atoms with Gasteiger partial charge in [-0.2, -0.15) is 0 Å². The number of carboxylic acids is 1. The molecule has 16 heavy (non-hydrogen) atoms. The second-order valence-corrected chi connectivity index (χ2v) is 5.18. The molecule has 3 N–H and O–H groups in total. The van der Waals surface area contributed by atoms with Crippen LogP contribution in [0, 0.1) is 0 Å². The first-order chi connectivity index (χ1) is 7.22. The number of hydrogen-bond donors (Lipinski definition) is 3. The predicted molar refractivity (Wildman–Crippen MR) is 57.3 cm³/mol. The molecule has 0 aromatic rings. The maximum absolute atomic E-state index is 11.3. The van der Waals surface area contributed by atoms with E-state index in [1.807, 2.05) is 0 Å². The average Bonchev–Trinajstić information content (AvgIpc) is 2.08. The van der Waals surface area contributed by atoms with Crippen LogP contribution in [0.15, 0.2) is 0 Å². The van der Waals surface area contributed by atoms with Gasteiger partial charge in [-0.05, 0) is 13.3 Å². The van der Waals surface area contributed by atoms with Crippen LogP contribution in [0.2, 0.25) is 0 Å². The molecule has 0 aromatic heterocycles. The van der Waals surface area contributed by atoms with Gasteiger partial charge in [0.1, 0.15) is 0 Å². The minimum Gasteiger partial charge on any atom is -0.481 e. The van der Waals surface area contributed by atoms with E-state index in [-0.39, 0.29) is 13.0 Å². The van der Waals surface area contributed by atoms with Gasteiger partial charge in [-0.25, -0.2) is 13.1 Å². The maximum Gasteiger partial charge on any atom is 0.303 e. The van der Waals surface area contributed by atoms with Crippen LogP contribution in [0.25, 0.3) is 0 Å². The van der Waals surface area contributed by atoms with Gasteiger partial charge in [-0.1, -0.05) is 0 Å². The summed E-state index contributed by atoms with van der Waals surface area (Å²) in [4.78, 5) is 21.4. The van der Waals surface area contributed by atoms with Crippen molar-refractivity contribution in [2.45, 2.75) is 25.8 Å². The van der Waals surface area contributed by atoms with Gasteiger partial charge < -0.3 is 10.4 Å². The molecule has 1 atom stereocenters. The number of amides is 1. The number of nitrogens with one attached hydrogen (secondary N) is 2. The summed E-state index contributed by atoms with van der Waals surface area (Å²) in [6.45, 7) is 1.62. The van der Waals surface area contributed by atoms with Gasteiger partial charge in [0.25, 0.3) is 0 Å². The number of hydrogen-bond acceptors (Lipinski definition) is 4. The van der Waals surface area contributed by atoms with Crippen LogP contribution in [-0.4, -0.2) is 44.2 Å². The molecular formula is C8H16N2O5S. The quantitative estimate of drug-likeness (QED) is 0.498. The van der Waals surface area contributed by atoms with Gasteiger partial charge in [0.2, 0.25) is 15.9 Å². The van der Waals surface area contributed by atoms with Crippen LogP contribution >= 0.6 is 0 Å². The van der Waals surface area contributed by atoms with Crippen LogP contribution < -0.4 is 10.0 Å². The number of sulfonamides is 1. The molecule has 0 bridgehead atoms. The van der Waals surface area contributed by atoms with E-state index in [1.54, 1.807) is 0 Å². The van der Waals surface area contributed by atoms with E-state index in [0.717, 1.165) is 6.26 Å². The lowest BCUT2D eigenvalue weighted by atomic mass is 10.3. The second-order valence-electron chi connectivity index (χ2n) is 3.40. The molecule has 0 aliphatic heterocycles. The molecule has 0 spiro atoms. The second kappa shape index (κ2) is 6.44. The fourth-order valence-corrected chi connectivity index (χ4v) is 1.73. The molecule has 1 amide bonds. The Hall–Kier alpha value is -1.15. The number of aliphatic carboxylic acids is 1. The van der Waals surface area contributed by atoms with Crippen molar-refractivity contribution in [1.82, 2.24) is 10.0 Å². The normalized spacial score (nSPS) is 13.1. The summed E-state index contributed by atoms with van der Waals surface area (Å²) in [5, 5.41) is 10.8. The summed E-state index contributed by atoms with van der Waals surface area (Å²) >= 11 is 0. The van der Waals surface area contributed by atoms with E-state index in [0.29, 0.717) is 6.42 Å². The summed E-state index contributed by atoms with van der Waals surface area (Å²) < 4.78 is 23.7. The molecular weight excluding hydrogens is 236 g/mol. The highest BCUT2D eigenvalue weighted by Crippen LogP contribution is 1.89. The highest BCUT2D eigenvalue weighted by atomic mass is 32.2. The SMILES string of the molecule is CC(NS(C)(=O)=O)C(=O)NCCCC(=O)O. The summed E-state index contributed by atoms with van der Waals surface area (Å²) in [7, 11) is -3.42. The zero-order valence-electron chi connectivity index (χ0n) is 9.19. The predicted octanol–water partition coefficient (Wildman–Crippen LogP) is -1.09. The fraction of sp³-hybridized carbons (Fsp3) is 0.750. The minimum absolute atomic E-state index is 0.0336. The Morgan fingerprint density at radius 1 is 1.38 bits per heavy atom. The third-order valence-electron chi connectivity index (χ3n) is 1.65. The maximum atomic E-state index is 11.3. The molecule has 0 fully saturated rings. The van der Waals surface area contributed by atoms with E-state index in [9.17, 15) is 18.0 Å². The van der Waals surface area contributed by atoms with Crippen molar-refractivity contribution in [1.29, 1.82) is 0 Å². The molecule has 0 saturated heterocycles. The van der Waals surface area contributed by atoms with Gasteiger partial charge in [0.05, 0.1) is 12.3 Å². The molecule has 1 unspecified atom stereocenters. The van der Waals surface area contributed by atoms with Crippen LogP contribution in [0.1, 0.15) is 19.8 Å². The lowest BCUT2D eigenvalue weighted by Crippen LogP contribution is -2.44. The van der Waals surface area contributed by atoms with Crippen molar-refractivity contribution in [3.05, 3.63) is 0 Å². The zero-order chi connectivity index (χ0) is 12.8. The number of carbonyl (C=O) groups is 2. The smallest absolute Gasteiger partial charge is 0.303 e. The number of carbonyl (C=O) groups excluding carboxylic acids is 1. The van der Waals surface area contributed by atoms with Gasteiger partial charge in [0, 0.05) is 13.0 Å². The lowest BCUT2D eigenvalue weighted by molar-refractivity contribution is -0.137. The highest BCUT2D eigenvalue weighted by Gasteiger charge is 2.15. The third-order valence-corrected chi connectivity index (χ3v) is 2.43. The Labute approximate surface area is 94.3 Å². The Balaban J connectivity index is 3.85. The van der Waals surface area contributed by atoms with Crippen molar-refractivity contribution < 1.29 is 23.1 Å². The summed E-state index contributed by atoms with van der Waals surface area (Å²) in [6.07, 6.45) is 1.24. The molecule has 0 rings (SSSR count). The Morgan fingerprint density at radius 3 is 2.38 bits per heavy atom. The first kappa shape index (κ1) is 14.8. The molecule has 0 radical (unpaired) electrons. The molecule has 0 heterocycles. The zero-order valence-corrected chi connectivity index (χ0v) is 10.0. The monoisotopic (exact) mass is 252 g/mol. The van der Waals surface area contributed by atoms with Gasteiger partial charge in [-0.15, -0.1) is 0 Å². The standard InChI is InChI=1S/C8H16N2O5S/c1-6(10-16(2,14)15)8(13)9-5-3-4-7(11)12/h6,10H,3-5H2,1-2H3,(H,9,13)(H,11,12). The molecule has 0 aliphatic rings. The largest absolute Gasteiger partial charge is 0.481 e. The average molecular weight is 252 g/mol. The Kier molecular flexibility index (Phi) is 5.97. The van der Waals surface area contributed by atoms with E-state index < -0.39 is 27.9 Å². The van der Waals surface area contributed by atoms with Crippen molar-refractivity contribution >= 4 is 21.9 Å². The van der Waals surface area contributed by atoms with E-state index in [2.05, 4.69) is 10.0 Å². The first-order valence-electron chi connectivity index (χ1n) is 4.69. The van der Waals surface area contributed by atoms with Crippen LogP contribution in [0.5, 0.6) is 0 Å². The van der Waals surface area contributed by atoms with E-state index in [1.165, 1.54) is 6.92 Å². The molecule has 0 saturated carbocycles. The molecule has 0 aromatic carbocycles. The highest BCUT2D eigenvalue weighted by molar-refractivity contribution is 7.88. The Bertz CT molecular complexity index is 351. The molecule has 7 nitrogen and oxygen atoms in total. The van der Waals surface area contributed by atoms with Crippen molar-refractivity contribution in [3.63, 3.8) is 0 Å². The van der Waals surface area contributed by atoms with Crippen LogP contribution in [-0.2, 0) is 19.6 Å². The molecule has 94 valence electrons. The summed E-state index contributed by atoms with van der Waals surface area (Å²) in [6, 6.07) is -0.861.